The largest absolute Gasteiger partial charge is 0.487 e. The molecule has 2 aromatic carbocycles. The van der Waals surface area contributed by atoms with Crippen LogP contribution in [-0.2, 0) is 0 Å². The van der Waals surface area contributed by atoms with Crippen LogP contribution >= 0.6 is 0 Å². The molecule has 2 aromatic rings. The molecule has 0 aromatic heterocycles. The summed E-state index contributed by atoms with van der Waals surface area (Å²) in [6, 6.07) is 13.2. The molecule has 1 aliphatic heterocycles. The molecule has 110 valence electrons. The van der Waals surface area contributed by atoms with Crippen molar-refractivity contribution >= 4 is 10.8 Å². The molecule has 0 saturated heterocycles. The van der Waals surface area contributed by atoms with Gasteiger partial charge in [-0.15, -0.1) is 0 Å². The van der Waals surface area contributed by atoms with Crippen LogP contribution in [0.2, 0.25) is 0 Å². The highest BCUT2D eigenvalue weighted by atomic mass is 16.5. The summed E-state index contributed by atoms with van der Waals surface area (Å²) in [7, 11) is 0. The molecule has 2 unspecified atom stereocenters. The normalized spacial score (nSPS) is 30.3. The van der Waals surface area contributed by atoms with Crippen molar-refractivity contribution < 1.29 is 4.74 Å². The summed E-state index contributed by atoms with van der Waals surface area (Å²) in [5.74, 6) is 3.24. The van der Waals surface area contributed by atoms with Gasteiger partial charge in [0.25, 0.3) is 0 Å². The fourth-order valence-corrected chi connectivity index (χ4v) is 4.64. The lowest BCUT2D eigenvalue weighted by Gasteiger charge is -2.49. The summed E-state index contributed by atoms with van der Waals surface area (Å²) in [5.41, 5.74) is 1.43. The van der Waals surface area contributed by atoms with E-state index in [1.54, 1.807) is 0 Å². The van der Waals surface area contributed by atoms with E-state index in [1.807, 2.05) is 0 Å². The lowest BCUT2D eigenvalue weighted by atomic mass is 9.64. The summed E-state index contributed by atoms with van der Waals surface area (Å²) in [6.45, 7) is 6.96. The Balaban J connectivity index is 1.95. The van der Waals surface area contributed by atoms with E-state index in [9.17, 15) is 0 Å². The monoisotopic (exact) mass is 280 g/mol. The van der Waals surface area contributed by atoms with Gasteiger partial charge in [0.15, 0.2) is 0 Å². The minimum atomic E-state index is -0.0414. The van der Waals surface area contributed by atoms with E-state index in [4.69, 9.17) is 4.74 Å². The van der Waals surface area contributed by atoms with Crippen LogP contribution in [0.4, 0.5) is 0 Å². The van der Waals surface area contributed by atoms with Gasteiger partial charge in [-0.25, -0.2) is 0 Å². The van der Waals surface area contributed by atoms with E-state index in [0.717, 1.165) is 11.7 Å². The van der Waals surface area contributed by atoms with Crippen LogP contribution in [0.25, 0.3) is 10.8 Å². The molecule has 1 fully saturated rings. The van der Waals surface area contributed by atoms with Gasteiger partial charge in [-0.2, -0.15) is 0 Å². The second kappa shape index (κ2) is 4.50. The number of hydrogen-bond donors (Lipinski definition) is 0. The van der Waals surface area contributed by atoms with Gasteiger partial charge in [0.1, 0.15) is 11.4 Å². The van der Waals surface area contributed by atoms with E-state index in [1.165, 1.54) is 35.6 Å². The van der Waals surface area contributed by atoms with Crippen molar-refractivity contribution in [2.75, 3.05) is 0 Å². The fraction of sp³-hybridized carbons (Fsp3) is 0.500. The zero-order valence-corrected chi connectivity index (χ0v) is 13.2. The third kappa shape index (κ3) is 1.97. The van der Waals surface area contributed by atoms with E-state index < -0.39 is 0 Å². The minimum Gasteiger partial charge on any atom is -0.487 e. The lowest BCUT2D eigenvalue weighted by molar-refractivity contribution is -0.0128. The molecule has 1 nitrogen and oxygen atoms in total. The maximum Gasteiger partial charge on any atom is 0.124 e. The molecule has 21 heavy (non-hydrogen) atoms. The van der Waals surface area contributed by atoms with Gasteiger partial charge in [-0.05, 0) is 55.4 Å². The van der Waals surface area contributed by atoms with Crippen LogP contribution in [-0.4, -0.2) is 5.60 Å². The van der Waals surface area contributed by atoms with Crippen LogP contribution in [0.5, 0.6) is 5.75 Å². The smallest absolute Gasteiger partial charge is 0.124 e. The number of rotatable bonds is 0. The average molecular weight is 280 g/mol. The van der Waals surface area contributed by atoms with Gasteiger partial charge in [0, 0.05) is 11.5 Å². The summed E-state index contributed by atoms with van der Waals surface area (Å²) in [5, 5.41) is 2.74. The molecule has 0 amide bonds. The number of benzene rings is 2. The van der Waals surface area contributed by atoms with Crippen molar-refractivity contribution in [2.24, 2.45) is 11.8 Å². The van der Waals surface area contributed by atoms with Gasteiger partial charge < -0.3 is 4.74 Å². The van der Waals surface area contributed by atoms with Crippen LogP contribution in [0.1, 0.15) is 51.5 Å². The van der Waals surface area contributed by atoms with Crippen molar-refractivity contribution in [3.05, 3.63) is 42.0 Å². The molecule has 1 aliphatic carbocycles. The van der Waals surface area contributed by atoms with E-state index in [0.29, 0.717) is 11.8 Å². The second-order valence-corrected chi connectivity index (χ2v) is 7.54. The fourth-order valence-electron chi connectivity index (χ4n) is 4.64. The zero-order valence-electron chi connectivity index (χ0n) is 13.2. The first-order chi connectivity index (χ1) is 10.1. The highest BCUT2D eigenvalue weighted by molar-refractivity contribution is 5.88. The maximum atomic E-state index is 6.43. The molecule has 0 N–H and O–H groups in total. The summed E-state index contributed by atoms with van der Waals surface area (Å²) < 4.78 is 6.43. The van der Waals surface area contributed by atoms with Gasteiger partial charge in [0.05, 0.1) is 0 Å². The standard InChI is InChI=1S/C20H24O/c1-13-8-10-17-16(12-13)19-15-7-5-4-6-14(15)9-11-18(19)21-20(17,2)3/h4-7,9,11,13,16-17H,8,10,12H2,1-3H3/t13?,16?,17-/m1/s1. The van der Waals surface area contributed by atoms with E-state index in [2.05, 4.69) is 57.2 Å². The first kappa shape index (κ1) is 13.2. The van der Waals surface area contributed by atoms with Gasteiger partial charge in [0.2, 0.25) is 0 Å². The third-order valence-corrected chi connectivity index (χ3v) is 5.68. The van der Waals surface area contributed by atoms with Crippen molar-refractivity contribution in [1.82, 2.24) is 0 Å². The number of fused-ring (bicyclic) bond motifs is 5. The predicted octanol–water partition coefficient (Wildman–Crippen LogP) is 5.53. The molecule has 1 saturated carbocycles. The Kier molecular flexibility index (Phi) is 2.82. The molecule has 3 atom stereocenters. The van der Waals surface area contributed by atoms with Crippen LogP contribution in [0, 0.1) is 11.8 Å². The molecule has 4 rings (SSSR count). The molecule has 2 aliphatic rings. The highest BCUT2D eigenvalue weighted by Crippen LogP contribution is 2.54. The molecule has 1 heterocycles. The molecular weight excluding hydrogens is 256 g/mol. The minimum absolute atomic E-state index is 0.0414. The number of hydrogen-bond acceptors (Lipinski definition) is 1. The Bertz CT molecular complexity index is 685. The quantitative estimate of drug-likeness (QED) is 0.616. The topological polar surface area (TPSA) is 9.23 Å². The third-order valence-electron chi connectivity index (χ3n) is 5.68. The van der Waals surface area contributed by atoms with Crippen molar-refractivity contribution in [1.29, 1.82) is 0 Å². The second-order valence-electron chi connectivity index (χ2n) is 7.54. The predicted molar refractivity (Wildman–Crippen MR) is 87.9 cm³/mol. The maximum absolute atomic E-state index is 6.43. The Labute approximate surface area is 127 Å². The van der Waals surface area contributed by atoms with Crippen LogP contribution < -0.4 is 4.74 Å². The van der Waals surface area contributed by atoms with Gasteiger partial charge in [-0.1, -0.05) is 43.7 Å². The van der Waals surface area contributed by atoms with Crippen LogP contribution in [0.15, 0.2) is 36.4 Å². The Morgan fingerprint density at radius 1 is 1.05 bits per heavy atom. The van der Waals surface area contributed by atoms with E-state index >= 15 is 0 Å². The molecule has 1 heteroatoms. The lowest BCUT2D eigenvalue weighted by Crippen LogP contribution is -2.46. The highest BCUT2D eigenvalue weighted by Gasteiger charge is 2.46. The number of ether oxygens (including phenoxy) is 1. The molecule has 0 spiro atoms. The Morgan fingerprint density at radius 3 is 2.71 bits per heavy atom. The SMILES string of the molecule is CC1CC[C@@H]2C(C1)c1c(ccc3ccccc13)OC2(C)C. The summed E-state index contributed by atoms with van der Waals surface area (Å²) in [4.78, 5) is 0. The van der Waals surface area contributed by atoms with Gasteiger partial charge in [-0.3, -0.25) is 0 Å². The van der Waals surface area contributed by atoms with Crippen molar-refractivity contribution in [3.63, 3.8) is 0 Å². The molecular formula is C20H24O. The zero-order chi connectivity index (χ0) is 14.6. The first-order valence-corrected chi connectivity index (χ1v) is 8.27. The van der Waals surface area contributed by atoms with E-state index in [-0.39, 0.29) is 5.60 Å². The van der Waals surface area contributed by atoms with Crippen LogP contribution in [0.3, 0.4) is 0 Å². The molecule has 0 bridgehead atoms. The first-order valence-electron chi connectivity index (χ1n) is 8.27. The van der Waals surface area contributed by atoms with Crippen molar-refractivity contribution in [3.8, 4) is 5.75 Å². The summed E-state index contributed by atoms with van der Waals surface area (Å²) >= 11 is 0. The molecule has 0 radical (unpaired) electrons. The van der Waals surface area contributed by atoms with Crippen molar-refractivity contribution in [2.45, 2.75) is 51.6 Å². The Hall–Kier alpha value is -1.50. The Morgan fingerprint density at radius 2 is 1.86 bits per heavy atom. The van der Waals surface area contributed by atoms with Gasteiger partial charge >= 0.3 is 0 Å². The average Bonchev–Trinajstić information content (AvgIpc) is 2.45. The summed E-state index contributed by atoms with van der Waals surface area (Å²) in [6.07, 6.45) is 3.94.